The Balaban J connectivity index is 2.36. The molecule has 0 aliphatic rings. The van der Waals surface area contributed by atoms with Crippen LogP contribution in [0.25, 0.3) is 0 Å². The zero-order chi connectivity index (χ0) is 21.9. The van der Waals surface area contributed by atoms with Gasteiger partial charge in [-0.25, -0.2) is 9.59 Å². The van der Waals surface area contributed by atoms with Gasteiger partial charge in [-0.05, 0) is 62.3 Å². The summed E-state index contributed by atoms with van der Waals surface area (Å²) in [5.41, 5.74) is 0.877. The molecule has 0 atom stereocenters. The first-order chi connectivity index (χ1) is 13.7. The zero-order valence-electron chi connectivity index (χ0n) is 19.3. The maximum Gasteiger partial charge on any atom is 0.338 e. The fraction of sp³-hybridized carbons (Fsp3) is 0.680. The fourth-order valence-corrected chi connectivity index (χ4v) is 2.90. The van der Waals surface area contributed by atoms with Gasteiger partial charge in [0.05, 0.1) is 17.7 Å². The highest BCUT2D eigenvalue weighted by atomic mass is 16.6. The summed E-state index contributed by atoms with van der Waals surface area (Å²) in [7, 11) is 0. The Morgan fingerprint density at radius 1 is 0.759 bits per heavy atom. The van der Waals surface area contributed by atoms with Gasteiger partial charge in [-0.3, -0.25) is 0 Å². The van der Waals surface area contributed by atoms with E-state index >= 15 is 0 Å². The molecule has 0 saturated heterocycles. The van der Waals surface area contributed by atoms with E-state index in [1.165, 1.54) is 25.7 Å². The van der Waals surface area contributed by atoms with Crippen molar-refractivity contribution in [3.8, 4) is 0 Å². The van der Waals surface area contributed by atoms with E-state index in [0.29, 0.717) is 23.1 Å². The zero-order valence-corrected chi connectivity index (χ0v) is 19.3. The van der Waals surface area contributed by atoms with Gasteiger partial charge < -0.3 is 9.47 Å². The molecular formula is C25H40O4. The number of hydrogen-bond acceptors (Lipinski definition) is 4. The Morgan fingerprint density at radius 2 is 1.28 bits per heavy atom. The van der Waals surface area contributed by atoms with Crippen LogP contribution in [0, 0.1) is 5.41 Å². The molecule has 0 bridgehead atoms. The molecule has 0 spiro atoms. The summed E-state index contributed by atoms with van der Waals surface area (Å²) in [6.07, 6.45) is 8.33. The number of carbonyl (C=O) groups is 2. The lowest BCUT2D eigenvalue weighted by atomic mass is 9.84. The van der Waals surface area contributed by atoms with Crippen LogP contribution in [-0.2, 0) is 9.47 Å². The van der Waals surface area contributed by atoms with Gasteiger partial charge in [-0.2, -0.15) is 0 Å². The molecule has 0 unspecified atom stereocenters. The molecule has 164 valence electrons. The molecule has 0 amide bonds. The summed E-state index contributed by atoms with van der Waals surface area (Å²) < 4.78 is 11.0. The van der Waals surface area contributed by atoms with Crippen LogP contribution in [0.15, 0.2) is 24.3 Å². The lowest BCUT2D eigenvalue weighted by Gasteiger charge is -2.26. The average Bonchev–Trinajstić information content (AvgIpc) is 2.72. The van der Waals surface area contributed by atoms with Crippen LogP contribution in [0.4, 0.5) is 0 Å². The van der Waals surface area contributed by atoms with Crippen LogP contribution < -0.4 is 0 Å². The van der Waals surface area contributed by atoms with Gasteiger partial charge >= 0.3 is 11.9 Å². The lowest BCUT2D eigenvalue weighted by molar-refractivity contribution is -0.0131. The van der Waals surface area contributed by atoms with Crippen molar-refractivity contribution in [2.24, 2.45) is 5.41 Å². The van der Waals surface area contributed by atoms with Gasteiger partial charge in [0.15, 0.2) is 0 Å². The quantitative estimate of drug-likeness (QED) is 0.263. The molecule has 0 fully saturated rings. The second-order valence-electron chi connectivity index (χ2n) is 8.94. The molecule has 4 nitrogen and oxygen atoms in total. The summed E-state index contributed by atoms with van der Waals surface area (Å²) >= 11 is 0. The maximum absolute atomic E-state index is 12.3. The molecule has 0 aliphatic carbocycles. The molecule has 1 aromatic rings. The predicted molar refractivity (Wildman–Crippen MR) is 118 cm³/mol. The minimum Gasteiger partial charge on any atom is -0.462 e. The number of unbranched alkanes of at least 4 members (excludes halogenated alkanes) is 3. The van der Waals surface area contributed by atoms with Crippen LogP contribution in [0.2, 0.25) is 0 Å². The fourth-order valence-electron chi connectivity index (χ4n) is 2.90. The third kappa shape index (κ3) is 9.01. The normalized spacial score (nSPS) is 11.9. The van der Waals surface area contributed by atoms with Crippen molar-refractivity contribution in [1.82, 2.24) is 0 Å². The third-order valence-electron chi connectivity index (χ3n) is 6.13. The summed E-state index contributed by atoms with van der Waals surface area (Å²) in [6, 6.07) is 6.50. The summed E-state index contributed by atoms with van der Waals surface area (Å²) in [6.45, 7) is 13.2. The Labute approximate surface area is 177 Å². The molecular weight excluding hydrogens is 364 g/mol. The number of benzene rings is 1. The van der Waals surface area contributed by atoms with Crippen molar-refractivity contribution in [3.63, 3.8) is 0 Å². The first kappa shape index (κ1) is 25.2. The van der Waals surface area contributed by atoms with Gasteiger partial charge in [0.25, 0.3) is 0 Å². The van der Waals surface area contributed by atoms with Crippen molar-refractivity contribution in [3.05, 3.63) is 35.4 Å². The lowest BCUT2D eigenvalue weighted by Crippen LogP contribution is -2.30. The van der Waals surface area contributed by atoms with Crippen molar-refractivity contribution in [1.29, 1.82) is 0 Å². The van der Waals surface area contributed by atoms with E-state index < -0.39 is 5.60 Å². The minimum atomic E-state index is -0.457. The molecule has 29 heavy (non-hydrogen) atoms. The minimum absolute atomic E-state index is 0.344. The molecule has 0 radical (unpaired) electrons. The predicted octanol–water partition coefficient (Wildman–Crippen LogP) is 6.97. The van der Waals surface area contributed by atoms with Gasteiger partial charge in [0.2, 0.25) is 0 Å². The van der Waals surface area contributed by atoms with Gasteiger partial charge in [0, 0.05) is 0 Å². The molecule has 4 heteroatoms. The maximum atomic E-state index is 12.3. The van der Waals surface area contributed by atoms with Gasteiger partial charge in [-0.1, -0.05) is 60.3 Å². The number of hydrogen-bond donors (Lipinski definition) is 0. The monoisotopic (exact) mass is 404 g/mol. The van der Waals surface area contributed by atoms with E-state index in [2.05, 4.69) is 20.8 Å². The average molecular weight is 405 g/mol. The summed E-state index contributed by atoms with van der Waals surface area (Å²) in [5, 5.41) is 0. The number of esters is 2. The standard InChI is InChI=1S/C25H40O4/c1-7-24(4,5)18-12-10-11-13-19-28-22(26)20-14-16-21(17-15-20)23(27)29-25(6,8-2)9-3/h14-17H,7-13,18-19H2,1-6H3. The summed E-state index contributed by atoms with van der Waals surface area (Å²) in [5.74, 6) is -0.702. The Morgan fingerprint density at radius 3 is 1.79 bits per heavy atom. The van der Waals surface area contributed by atoms with Gasteiger partial charge in [0.1, 0.15) is 5.60 Å². The van der Waals surface area contributed by atoms with Crippen molar-refractivity contribution >= 4 is 11.9 Å². The highest BCUT2D eigenvalue weighted by Crippen LogP contribution is 2.27. The third-order valence-corrected chi connectivity index (χ3v) is 6.13. The van der Waals surface area contributed by atoms with Crippen LogP contribution in [-0.4, -0.2) is 24.1 Å². The second-order valence-corrected chi connectivity index (χ2v) is 8.94. The van der Waals surface area contributed by atoms with E-state index in [9.17, 15) is 9.59 Å². The Bertz CT molecular complexity index is 627. The first-order valence-electron chi connectivity index (χ1n) is 11.2. The molecule has 0 aliphatic heterocycles. The second kappa shape index (κ2) is 12.0. The van der Waals surface area contributed by atoms with Crippen LogP contribution in [0.5, 0.6) is 0 Å². The Hall–Kier alpha value is -1.84. The van der Waals surface area contributed by atoms with Crippen LogP contribution in [0.3, 0.4) is 0 Å². The van der Waals surface area contributed by atoms with E-state index in [0.717, 1.165) is 25.7 Å². The number of rotatable bonds is 13. The van der Waals surface area contributed by atoms with Crippen molar-refractivity contribution in [2.45, 2.75) is 98.5 Å². The number of ether oxygens (including phenoxy) is 2. The van der Waals surface area contributed by atoms with Crippen LogP contribution >= 0.6 is 0 Å². The molecule has 0 N–H and O–H groups in total. The van der Waals surface area contributed by atoms with E-state index in [1.807, 2.05) is 20.8 Å². The number of carbonyl (C=O) groups excluding carboxylic acids is 2. The smallest absolute Gasteiger partial charge is 0.338 e. The van der Waals surface area contributed by atoms with Crippen molar-refractivity contribution in [2.75, 3.05) is 6.61 Å². The summed E-state index contributed by atoms with van der Waals surface area (Å²) in [4.78, 5) is 24.5. The Kier molecular flexibility index (Phi) is 10.4. The topological polar surface area (TPSA) is 52.6 Å². The van der Waals surface area contributed by atoms with Crippen molar-refractivity contribution < 1.29 is 19.1 Å². The van der Waals surface area contributed by atoms with E-state index in [4.69, 9.17) is 9.47 Å². The van der Waals surface area contributed by atoms with E-state index in [1.54, 1.807) is 24.3 Å². The van der Waals surface area contributed by atoms with Gasteiger partial charge in [-0.15, -0.1) is 0 Å². The molecule has 0 saturated carbocycles. The molecule has 0 aromatic heterocycles. The van der Waals surface area contributed by atoms with Crippen LogP contribution in [0.1, 0.15) is 114 Å². The molecule has 0 heterocycles. The molecule has 1 rings (SSSR count). The highest BCUT2D eigenvalue weighted by molar-refractivity contribution is 5.93. The first-order valence-corrected chi connectivity index (χ1v) is 11.2. The highest BCUT2D eigenvalue weighted by Gasteiger charge is 2.25. The SMILES string of the molecule is CCC(C)(C)CCCCCCOC(=O)c1ccc(C(=O)OC(C)(CC)CC)cc1. The van der Waals surface area contributed by atoms with E-state index in [-0.39, 0.29) is 11.9 Å². The largest absolute Gasteiger partial charge is 0.462 e. The molecule has 1 aromatic carbocycles.